The van der Waals surface area contributed by atoms with Crippen LogP contribution in [0.3, 0.4) is 0 Å². The fourth-order valence-electron chi connectivity index (χ4n) is 3.61. The van der Waals surface area contributed by atoms with Crippen molar-refractivity contribution >= 4 is 12.1 Å². The lowest BCUT2D eigenvalue weighted by Crippen LogP contribution is -1.97. The van der Waals surface area contributed by atoms with Gasteiger partial charge in [0.2, 0.25) is 0 Å². The van der Waals surface area contributed by atoms with Crippen molar-refractivity contribution in [3.05, 3.63) is 0 Å². The average Bonchev–Trinajstić information content (AvgIpc) is 2.66. The molecule has 0 aliphatic carbocycles. The summed E-state index contributed by atoms with van der Waals surface area (Å²) in [6.07, 6.45) is 28.1. The SMILES string of the molecule is CCCCCCCCCCCCCCCCCCCCCCC(=O)C=O. The highest BCUT2D eigenvalue weighted by Gasteiger charge is 1.98. The van der Waals surface area contributed by atoms with Crippen LogP contribution >= 0.6 is 0 Å². The van der Waals surface area contributed by atoms with Crippen LogP contribution in [0.25, 0.3) is 0 Å². The summed E-state index contributed by atoms with van der Waals surface area (Å²) < 4.78 is 0. The van der Waals surface area contributed by atoms with E-state index < -0.39 is 0 Å². The number of hydrogen-bond acceptors (Lipinski definition) is 2. The van der Waals surface area contributed by atoms with Gasteiger partial charge in [0.1, 0.15) is 0 Å². The molecule has 0 aliphatic rings. The number of ketones is 1. The molecule has 0 rings (SSSR count). The number of rotatable bonds is 22. The van der Waals surface area contributed by atoms with Gasteiger partial charge in [0, 0.05) is 6.42 Å². The lowest BCUT2D eigenvalue weighted by molar-refractivity contribution is -0.129. The molecule has 0 aromatic carbocycles. The van der Waals surface area contributed by atoms with Crippen molar-refractivity contribution < 1.29 is 9.59 Å². The smallest absolute Gasteiger partial charge is 0.195 e. The van der Waals surface area contributed by atoms with Gasteiger partial charge >= 0.3 is 0 Å². The number of aldehydes is 1. The molecule has 0 amide bonds. The van der Waals surface area contributed by atoms with Crippen molar-refractivity contribution in [3.63, 3.8) is 0 Å². The first-order chi connectivity index (χ1) is 12.8. The standard InChI is InChI=1S/C24H46O2/c1-2-3-4-5-6-7-8-9-10-11-12-13-14-15-16-17-18-19-20-21-22-24(26)23-25/h23H,2-22H2,1H3. The number of hydrogen-bond donors (Lipinski definition) is 0. The van der Waals surface area contributed by atoms with Crippen LogP contribution in [-0.2, 0) is 9.59 Å². The van der Waals surface area contributed by atoms with Crippen LogP contribution in [0.2, 0.25) is 0 Å². The monoisotopic (exact) mass is 366 g/mol. The third kappa shape index (κ3) is 21.4. The second-order valence-corrected chi connectivity index (χ2v) is 8.05. The van der Waals surface area contributed by atoms with Gasteiger partial charge in [-0.3, -0.25) is 9.59 Å². The van der Waals surface area contributed by atoms with Crippen molar-refractivity contribution in [3.8, 4) is 0 Å². The molecule has 0 bridgehead atoms. The molecule has 0 radical (unpaired) electrons. The van der Waals surface area contributed by atoms with E-state index in [0.717, 1.165) is 12.8 Å². The summed E-state index contributed by atoms with van der Waals surface area (Å²) in [5, 5.41) is 0. The van der Waals surface area contributed by atoms with Crippen LogP contribution < -0.4 is 0 Å². The van der Waals surface area contributed by atoms with Gasteiger partial charge in [-0.2, -0.15) is 0 Å². The minimum atomic E-state index is -0.243. The van der Waals surface area contributed by atoms with Gasteiger partial charge in [0.05, 0.1) is 0 Å². The van der Waals surface area contributed by atoms with E-state index in [1.54, 1.807) is 0 Å². The van der Waals surface area contributed by atoms with Gasteiger partial charge in [-0.25, -0.2) is 0 Å². The first-order valence-corrected chi connectivity index (χ1v) is 11.8. The molecule has 0 aromatic heterocycles. The molecule has 0 aromatic rings. The largest absolute Gasteiger partial charge is 0.295 e. The normalized spacial score (nSPS) is 11.0. The summed E-state index contributed by atoms with van der Waals surface area (Å²) in [6.45, 7) is 2.28. The Bertz CT molecular complexity index is 299. The highest BCUT2D eigenvalue weighted by molar-refractivity contribution is 6.24. The molecule has 2 nitrogen and oxygen atoms in total. The van der Waals surface area contributed by atoms with E-state index in [4.69, 9.17) is 0 Å². The van der Waals surface area contributed by atoms with Crippen molar-refractivity contribution in [2.45, 2.75) is 142 Å². The Hall–Kier alpha value is -0.660. The van der Waals surface area contributed by atoms with Crippen LogP contribution in [0, 0.1) is 0 Å². The van der Waals surface area contributed by atoms with E-state index in [2.05, 4.69) is 6.92 Å². The summed E-state index contributed by atoms with van der Waals surface area (Å²) in [6, 6.07) is 0. The van der Waals surface area contributed by atoms with Gasteiger partial charge in [0.25, 0.3) is 0 Å². The van der Waals surface area contributed by atoms with Crippen LogP contribution in [0.5, 0.6) is 0 Å². The Morgan fingerprint density at radius 3 is 1.04 bits per heavy atom. The Balaban J connectivity index is 3.01. The molecular weight excluding hydrogens is 320 g/mol. The zero-order valence-electron chi connectivity index (χ0n) is 17.7. The molecular formula is C24H46O2. The fourth-order valence-corrected chi connectivity index (χ4v) is 3.61. The first-order valence-electron chi connectivity index (χ1n) is 11.8. The Kier molecular flexibility index (Phi) is 21.8. The molecule has 26 heavy (non-hydrogen) atoms. The molecule has 0 heterocycles. The Morgan fingerprint density at radius 1 is 0.500 bits per heavy atom. The van der Waals surface area contributed by atoms with E-state index in [1.807, 2.05) is 0 Å². The molecule has 0 unspecified atom stereocenters. The Labute approximate surface area is 163 Å². The fraction of sp³-hybridized carbons (Fsp3) is 0.917. The average molecular weight is 367 g/mol. The molecule has 0 saturated heterocycles. The number of carbonyl (C=O) groups is 2. The lowest BCUT2D eigenvalue weighted by Gasteiger charge is -2.04. The molecule has 0 atom stereocenters. The molecule has 0 spiro atoms. The van der Waals surface area contributed by atoms with Crippen molar-refractivity contribution in [1.82, 2.24) is 0 Å². The van der Waals surface area contributed by atoms with E-state index in [1.165, 1.54) is 116 Å². The number of carbonyl (C=O) groups excluding carboxylic acids is 2. The third-order valence-electron chi connectivity index (χ3n) is 5.41. The third-order valence-corrected chi connectivity index (χ3v) is 5.41. The molecule has 0 aliphatic heterocycles. The molecule has 0 saturated carbocycles. The maximum absolute atomic E-state index is 10.8. The van der Waals surface area contributed by atoms with Crippen LogP contribution in [0.1, 0.15) is 142 Å². The second kappa shape index (κ2) is 22.4. The second-order valence-electron chi connectivity index (χ2n) is 8.05. The Morgan fingerprint density at radius 2 is 0.769 bits per heavy atom. The predicted octanol–water partition coefficient (Wildman–Crippen LogP) is 7.97. The maximum Gasteiger partial charge on any atom is 0.195 e. The zero-order valence-corrected chi connectivity index (χ0v) is 17.7. The maximum atomic E-state index is 10.8. The quantitative estimate of drug-likeness (QED) is 0.111. The van der Waals surface area contributed by atoms with Crippen molar-refractivity contribution in [2.75, 3.05) is 0 Å². The van der Waals surface area contributed by atoms with Gasteiger partial charge in [-0.15, -0.1) is 0 Å². The van der Waals surface area contributed by atoms with Gasteiger partial charge in [-0.05, 0) is 6.42 Å². The highest BCUT2D eigenvalue weighted by atomic mass is 16.2. The lowest BCUT2D eigenvalue weighted by atomic mass is 10.0. The summed E-state index contributed by atoms with van der Waals surface area (Å²) >= 11 is 0. The van der Waals surface area contributed by atoms with Crippen LogP contribution in [-0.4, -0.2) is 12.1 Å². The zero-order chi connectivity index (χ0) is 19.1. The van der Waals surface area contributed by atoms with Gasteiger partial charge in [0.15, 0.2) is 12.1 Å². The van der Waals surface area contributed by atoms with Crippen molar-refractivity contribution in [1.29, 1.82) is 0 Å². The summed E-state index contributed by atoms with van der Waals surface area (Å²) in [5.74, 6) is -0.243. The summed E-state index contributed by atoms with van der Waals surface area (Å²) in [4.78, 5) is 21.0. The molecule has 154 valence electrons. The van der Waals surface area contributed by atoms with E-state index in [9.17, 15) is 9.59 Å². The van der Waals surface area contributed by atoms with Crippen LogP contribution in [0.15, 0.2) is 0 Å². The number of Topliss-reactive ketones (excluding diaryl/α,β-unsaturated/α-hetero) is 1. The van der Waals surface area contributed by atoms with Crippen molar-refractivity contribution in [2.24, 2.45) is 0 Å². The van der Waals surface area contributed by atoms with E-state index >= 15 is 0 Å². The minimum absolute atomic E-state index is 0.243. The molecule has 0 fully saturated rings. The van der Waals surface area contributed by atoms with Gasteiger partial charge in [-0.1, -0.05) is 129 Å². The minimum Gasteiger partial charge on any atom is -0.295 e. The highest BCUT2D eigenvalue weighted by Crippen LogP contribution is 2.14. The van der Waals surface area contributed by atoms with E-state index in [0.29, 0.717) is 12.7 Å². The number of unbranched alkanes of at least 4 members (excludes halogenated alkanes) is 19. The topological polar surface area (TPSA) is 34.1 Å². The van der Waals surface area contributed by atoms with E-state index in [-0.39, 0.29) is 5.78 Å². The predicted molar refractivity (Wildman–Crippen MR) is 114 cm³/mol. The first kappa shape index (κ1) is 25.3. The summed E-state index contributed by atoms with van der Waals surface area (Å²) in [5.41, 5.74) is 0. The summed E-state index contributed by atoms with van der Waals surface area (Å²) in [7, 11) is 0. The molecule has 0 N–H and O–H groups in total. The van der Waals surface area contributed by atoms with Gasteiger partial charge < -0.3 is 0 Å². The van der Waals surface area contributed by atoms with Crippen LogP contribution in [0.4, 0.5) is 0 Å². The molecule has 2 heteroatoms.